The lowest BCUT2D eigenvalue weighted by atomic mass is 9.88. The van der Waals surface area contributed by atoms with Crippen LogP contribution in [-0.2, 0) is 4.79 Å². The molecule has 0 spiro atoms. The molecule has 4 rings (SSSR count). The van der Waals surface area contributed by atoms with Crippen LogP contribution in [0.2, 0.25) is 0 Å². The van der Waals surface area contributed by atoms with Crippen LogP contribution in [0.3, 0.4) is 0 Å². The molecule has 31 heavy (non-hydrogen) atoms. The molecule has 8 heteroatoms. The van der Waals surface area contributed by atoms with Gasteiger partial charge in [0.1, 0.15) is 11.3 Å². The summed E-state index contributed by atoms with van der Waals surface area (Å²) in [6, 6.07) is 6.73. The number of benzene rings is 1. The maximum Gasteiger partial charge on any atom is 0.339 e. The first-order valence-corrected chi connectivity index (χ1v) is 11.1. The van der Waals surface area contributed by atoms with Gasteiger partial charge in [-0.15, -0.1) is 11.3 Å². The number of amides is 1. The summed E-state index contributed by atoms with van der Waals surface area (Å²) in [5.41, 5.74) is 2.86. The molecular weight excluding hydrogens is 414 g/mol. The van der Waals surface area contributed by atoms with E-state index in [0.29, 0.717) is 17.0 Å². The lowest BCUT2D eigenvalue weighted by Gasteiger charge is -2.20. The number of hydrogen-bond acceptors (Lipinski definition) is 6. The van der Waals surface area contributed by atoms with Gasteiger partial charge in [-0.3, -0.25) is 9.78 Å². The van der Waals surface area contributed by atoms with E-state index in [1.807, 2.05) is 11.4 Å². The van der Waals surface area contributed by atoms with Crippen LogP contribution in [0.15, 0.2) is 42.0 Å². The van der Waals surface area contributed by atoms with Crippen molar-refractivity contribution in [3.05, 3.63) is 47.6 Å². The molecule has 1 fully saturated rings. The fourth-order valence-corrected chi connectivity index (χ4v) is 4.59. The minimum absolute atomic E-state index is 0.0898. The maximum atomic E-state index is 12.5. The van der Waals surface area contributed by atoms with E-state index in [1.165, 1.54) is 30.9 Å². The highest BCUT2D eigenvalue weighted by Gasteiger charge is 2.21. The molecule has 1 aliphatic carbocycles. The molecule has 0 atom stereocenters. The topological polar surface area (TPSA) is 101 Å². The number of carbonyl (C=O) groups is 2. The minimum Gasteiger partial charge on any atom is -0.496 e. The second kappa shape index (κ2) is 9.26. The van der Waals surface area contributed by atoms with Gasteiger partial charge in [0, 0.05) is 16.9 Å². The van der Waals surface area contributed by atoms with Crippen molar-refractivity contribution in [3.8, 4) is 27.6 Å². The Morgan fingerprint density at radius 2 is 1.90 bits per heavy atom. The molecule has 1 amide bonds. The number of carbonyl (C=O) groups excluding carboxylic acids is 1. The fraction of sp³-hybridized carbons (Fsp3) is 0.304. The van der Waals surface area contributed by atoms with Gasteiger partial charge in [-0.05, 0) is 31.0 Å². The van der Waals surface area contributed by atoms with Crippen molar-refractivity contribution in [2.75, 3.05) is 12.4 Å². The predicted molar refractivity (Wildman–Crippen MR) is 119 cm³/mol. The first-order chi connectivity index (χ1) is 15.0. The van der Waals surface area contributed by atoms with Gasteiger partial charge < -0.3 is 15.2 Å². The Balaban J connectivity index is 1.54. The highest BCUT2D eigenvalue weighted by molar-refractivity contribution is 7.14. The molecule has 1 aromatic carbocycles. The number of aromatic carboxylic acids is 1. The highest BCUT2D eigenvalue weighted by Crippen LogP contribution is 2.32. The molecule has 3 aromatic rings. The molecule has 160 valence electrons. The molecule has 0 unspecified atom stereocenters. The summed E-state index contributed by atoms with van der Waals surface area (Å²) in [5.74, 6) is -0.593. The van der Waals surface area contributed by atoms with E-state index < -0.39 is 5.97 Å². The van der Waals surface area contributed by atoms with Gasteiger partial charge in [0.15, 0.2) is 0 Å². The molecule has 0 bridgehead atoms. The lowest BCUT2D eigenvalue weighted by molar-refractivity contribution is -0.120. The molecule has 7 nitrogen and oxygen atoms in total. The van der Waals surface area contributed by atoms with Crippen LogP contribution >= 0.6 is 11.3 Å². The van der Waals surface area contributed by atoms with Crippen molar-refractivity contribution in [1.29, 1.82) is 0 Å². The smallest absolute Gasteiger partial charge is 0.339 e. The van der Waals surface area contributed by atoms with Crippen LogP contribution in [0.5, 0.6) is 5.75 Å². The largest absolute Gasteiger partial charge is 0.496 e. The molecule has 1 aliphatic rings. The SMILES string of the molecule is COc1cc(-c2cncc(-c3cc(NC(=O)C4CCCCC4)cs3)n2)ccc1C(=O)O. The normalized spacial score (nSPS) is 14.2. The van der Waals surface area contributed by atoms with Crippen molar-refractivity contribution in [3.63, 3.8) is 0 Å². The summed E-state index contributed by atoms with van der Waals surface area (Å²) in [5, 5.41) is 14.2. The van der Waals surface area contributed by atoms with Crippen molar-refractivity contribution in [2.45, 2.75) is 32.1 Å². The number of ether oxygens (including phenoxy) is 1. The third-order valence-electron chi connectivity index (χ3n) is 5.46. The second-order valence-corrected chi connectivity index (χ2v) is 8.44. The third kappa shape index (κ3) is 4.74. The number of carboxylic acid groups (broad SMARTS) is 1. The molecule has 2 aromatic heterocycles. The Morgan fingerprint density at radius 1 is 1.13 bits per heavy atom. The maximum absolute atomic E-state index is 12.5. The summed E-state index contributed by atoms with van der Waals surface area (Å²) in [7, 11) is 1.43. The summed E-state index contributed by atoms with van der Waals surface area (Å²) in [6.45, 7) is 0. The van der Waals surface area contributed by atoms with Gasteiger partial charge in [0.05, 0.1) is 41.5 Å². The number of aromatic nitrogens is 2. The van der Waals surface area contributed by atoms with Crippen molar-refractivity contribution < 1.29 is 19.4 Å². The van der Waals surface area contributed by atoms with Crippen LogP contribution in [-0.4, -0.2) is 34.1 Å². The fourth-order valence-electron chi connectivity index (χ4n) is 3.80. The summed E-state index contributed by atoms with van der Waals surface area (Å²) in [6.07, 6.45) is 8.66. The van der Waals surface area contributed by atoms with Crippen LogP contribution in [0, 0.1) is 5.92 Å². The van der Waals surface area contributed by atoms with E-state index in [9.17, 15) is 14.7 Å². The molecule has 0 saturated heterocycles. The van der Waals surface area contributed by atoms with Crippen molar-refractivity contribution in [1.82, 2.24) is 9.97 Å². The number of hydrogen-bond donors (Lipinski definition) is 2. The standard InChI is InChI=1S/C23H23N3O4S/c1-30-20-9-15(7-8-17(20)23(28)29)18-11-24-12-19(26-18)21-10-16(13-31-21)25-22(27)14-5-3-2-4-6-14/h7-14H,2-6H2,1H3,(H,25,27)(H,28,29). The third-order valence-corrected chi connectivity index (χ3v) is 6.41. The van der Waals surface area contributed by atoms with Crippen molar-refractivity contribution in [2.24, 2.45) is 5.92 Å². The highest BCUT2D eigenvalue weighted by atomic mass is 32.1. The molecule has 0 aliphatic heterocycles. The van der Waals surface area contributed by atoms with Gasteiger partial charge in [0.2, 0.25) is 5.91 Å². The zero-order valence-electron chi connectivity index (χ0n) is 17.1. The Kier molecular flexibility index (Phi) is 6.27. The second-order valence-electron chi connectivity index (χ2n) is 7.53. The van der Waals surface area contributed by atoms with Crippen LogP contribution in [0.25, 0.3) is 21.8 Å². The van der Waals surface area contributed by atoms with Gasteiger partial charge in [-0.25, -0.2) is 9.78 Å². The molecule has 2 heterocycles. The number of nitrogens with zero attached hydrogens (tertiary/aromatic N) is 2. The van der Waals surface area contributed by atoms with E-state index in [4.69, 9.17) is 4.74 Å². The van der Waals surface area contributed by atoms with Gasteiger partial charge >= 0.3 is 5.97 Å². The molecular formula is C23H23N3O4S. The monoisotopic (exact) mass is 437 g/mol. The predicted octanol–water partition coefficient (Wildman–Crippen LogP) is 5.10. The lowest BCUT2D eigenvalue weighted by Crippen LogP contribution is -2.24. The van der Waals surface area contributed by atoms with Crippen LogP contribution in [0.1, 0.15) is 42.5 Å². The van der Waals surface area contributed by atoms with Gasteiger partial charge in [-0.1, -0.05) is 25.3 Å². The van der Waals surface area contributed by atoms with Crippen molar-refractivity contribution >= 4 is 28.9 Å². The number of rotatable bonds is 6. The van der Waals surface area contributed by atoms with Gasteiger partial charge in [-0.2, -0.15) is 0 Å². The van der Waals surface area contributed by atoms with E-state index in [-0.39, 0.29) is 23.1 Å². The summed E-state index contributed by atoms with van der Waals surface area (Å²) >= 11 is 1.49. The Bertz CT molecular complexity index is 1110. The number of thiophene rings is 1. The average molecular weight is 438 g/mol. The number of carboxylic acids is 1. The molecule has 0 radical (unpaired) electrons. The molecule has 1 saturated carbocycles. The minimum atomic E-state index is -1.05. The van der Waals surface area contributed by atoms with Crippen LogP contribution in [0.4, 0.5) is 5.69 Å². The Hall–Kier alpha value is -3.26. The summed E-state index contributed by atoms with van der Waals surface area (Å²) in [4.78, 5) is 33.7. The average Bonchev–Trinajstić information content (AvgIpc) is 3.27. The Labute approximate surface area is 184 Å². The number of methoxy groups -OCH3 is 1. The first-order valence-electron chi connectivity index (χ1n) is 10.2. The molecule has 2 N–H and O–H groups in total. The quantitative estimate of drug-likeness (QED) is 0.556. The van der Waals surface area contributed by atoms with E-state index in [2.05, 4.69) is 15.3 Å². The zero-order chi connectivity index (χ0) is 21.8. The number of nitrogens with one attached hydrogen (secondary N) is 1. The summed E-state index contributed by atoms with van der Waals surface area (Å²) < 4.78 is 5.21. The first kappa shape index (κ1) is 21.0. The Morgan fingerprint density at radius 3 is 2.65 bits per heavy atom. The van der Waals surface area contributed by atoms with E-state index in [1.54, 1.807) is 24.5 Å². The zero-order valence-corrected chi connectivity index (χ0v) is 17.9. The van der Waals surface area contributed by atoms with E-state index >= 15 is 0 Å². The van der Waals surface area contributed by atoms with Crippen LogP contribution < -0.4 is 10.1 Å². The number of anilines is 1. The van der Waals surface area contributed by atoms with Gasteiger partial charge in [0.25, 0.3) is 0 Å². The van der Waals surface area contributed by atoms with E-state index in [0.717, 1.165) is 36.2 Å².